The number of ketones is 1. The Morgan fingerprint density at radius 2 is 1.66 bits per heavy atom. The minimum Gasteiger partial charge on any atom is -0.386 e. The number of amides is 1. The largest absolute Gasteiger partial charge is 0.386 e. The van der Waals surface area contributed by atoms with Crippen molar-refractivity contribution in [1.82, 2.24) is 5.32 Å². The fourth-order valence-electron chi connectivity index (χ4n) is 3.73. The number of carbonyl (C=O) groups excluding carboxylic acids is 2. The van der Waals surface area contributed by atoms with E-state index in [1.165, 1.54) is 37.8 Å². The molecule has 0 saturated carbocycles. The molecule has 1 amide bonds. The molecule has 1 aliphatic rings. The molecule has 3 atom stereocenters. The molecule has 0 spiro atoms. The zero-order valence-corrected chi connectivity index (χ0v) is 20.7. The molecule has 1 aromatic rings. The molecule has 0 radical (unpaired) electrons. The molecule has 2 rings (SSSR count). The van der Waals surface area contributed by atoms with Gasteiger partial charge in [0.2, 0.25) is 5.91 Å². The Morgan fingerprint density at radius 3 is 2.31 bits per heavy atom. The van der Waals surface area contributed by atoms with Gasteiger partial charge in [-0.1, -0.05) is 99.0 Å². The van der Waals surface area contributed by atoms with Gasteiger partial charge in [0, 0.05) is 6.42 Å². The van der Waals surface area contributed by atoms with Crippen molar-refractivity contribution in [3.63, 3.8) is 0 Å². The van der Waals surface area contributed by atoms with Crippen LogP contribution in [0, 0.1) is 0 Å². The molecular formula is C25H32Cl3NO3. The summed E-state index contributed by atoms with van der Waals surface area (Å²) >= 11 is 18.6. The van der Waals surface area contributed by atoms with E-state index < -0.39 is 22.8 Å². The van der Waals surface area contributed by atoms with Crippen LogP contribution in [0.25, 0.3) is 0 Å². The predicted octanol–water partition coefficient (Wildman–Crippen LogP) is 6.02. The molecule has 0 heterocycles. The third-order valence-corrected chi connectivity index (χ3v) is 6.88. The number of nitrogens with one attached hydrogen (secondary N) is 1. The van der Waals surface area contributed by atoms with Gasteiger partial charge in [-0.3, -0.25) is 9.59 Å². The van der Waals surface area contributed by atoms with Crippen LogP contribution in [0.2, 0.25) is 0 Å². The van der Waals surface area contributed by atoms with Gasteiger partial charge in [0.15, 0.2) is 10.7 Å². The Balaban J connectivity index is 2.05. The molecule has 176 valence electrons. The van der Waals surface area contributed by atoms with E-state index in [0.29, 0.717) is 6.42 Å². The molecule has 1 aliphatic carbocycles. The predicted molar refractivity (Wildman–Crippen MR) is 132 cm³/mol. The summed E-state index contributed by atoms with van der Waals surface area (Å²) in [7, 11) is 0. The Hall–Kier alpha value is -1.33. The molecule has 0 saturated heterocycles. The first-order valence-electron chi connectivity index (χ1n) is 11.3. The number of halogens is 3. The fraction of sp³-hybridized carbons (Fsp3) is 0.520. The second kappa shape index (κ2) is 13.4. The normalized spacial score (nSPS) is 21.5. The molecule has 0 fully saturated rings. The van der Waals surface area contributed by atoms with E-state index in [9.17, 15) is 14.7 Å². The number of aliphatic hydroxyl groups is 1. The summed E-state index contributed by atoms with van der Waals surface area (Å²) in [6.45, 7) is 2.18. The number of hydrogen-bond acceptors (Lipinski definition) is 3. The average molecular weight is 501 g/mol. The molecular weight excluding hydrogens is 469 g/mol. The van der Waals surface area contributed by atoms with E-state index >= 15 is 0 Å². The summed E-state index contributed by atoms with van der Waals surface area (Å²) in [4.78, 5) is 24.2. The van der Waals surface area contributed by atoms with Gasteiger partial charge in [0.25, 0.3) is 0 Å². The van der Waals surface area contributed by atoms with Crippen LogP contribution < -0.4 is 5.32 Å². The number of alkyl halides is 1. The highest BCUT2D eigenvalue weighted by molar-refractivity contribution is 6.46. The van der Waals surface area contributed by atoms with Gasteiger partial charge >= 0.3 is 0 Å². The van der Waals surface area contributed by atoms with Crippen LogP contribution in [-0.4, -0.2) is 33.8 Å². The van der Waals surface area contributed by atoms with Crippen molar-refractivity contribution in [2.45, 2.75) is 81.7 Å². The van der Waals surface area contributed by atoms with Crippen LogP contribution in [0.15, 0.2) is 52.5 Å². The van der Waals surface area contributed by atoms with Gasteiger partial charge in [0.05, 0.1) is 16.1 Å². The maximum absolute atomic E-state index is 13.4. The quantitative estimate of drug-likeness (QED) is 0.257. The average Bonchev–Trinajstić information content (AvgIpc) is 2.77. The van der Waals surface area contributed by atoms with E-state index in [1.54, 1.807) is 0 Å². The number of hydrogen-bond donors (Lipinski definition) is 2. The SMILES string of the molecule is CCCCCCCCCC(=O)N[C@@H](Cc1ccccc1)C(=O)C1(Cl)C=C(Cl)C(Cl)=CC1O. The van der Waals surface area contributed by atoms with Crippen LogP contribution in [0.5, 0.6) is 0 Å². The van der Waals surface area contributed by atoms with Crippen LogP contribution in [0.1, 0.15) is 63.9 Å². The first-order chi connectivity index (χ1) is 15.3. The second-order valence-corrected chi connectivity index (χ2v) is 9.70. The van der Waals surface area contributed by atoms with Gasteiger partial charge < -0.3 is 10.4 Å². The lowest BCUT2D eigenvalue weighted by atomic mass is 9.86. The highest BCUT2D eigenvalue weighted by Crippen LogP contribution is 2.37. The summed E-state index contributed by atoms with van der Waals surface area (Å²) in [5.41, 5.74) is 0.872. The first-order valence-corrected chi connectivity index (χ1v) is 12.4. The Kier molecular flexibility index (Phi) is 11.3. The number of benzene rings is 1. The van der Waals surface area contributed by atoms with E-state index in [2.05, 4.69) is 12.2 Å². The van der Waals surface area contributed by atoms with Crippen molar-refractivity contribution in [1.29, 1.82) is 0 Å². The summed E-state index contributed by atoms with van der Waals surface area (Å²) in [5, 5.41) is 13.5. The standard InChI is InChI=1S/C25H32Cl3NO3/c1-2-3-4-5-6-7-11-14-23(31)29-21(15-18-12-9-8-10-13-18)24(32)25(28)17-20(27)19(26)16-22(25)30/h8-10,12-13,16-17,21-22,30H,2-7,11,14-15H2,1H3,(H,29,31)/t21-,22?,25?/m0/s1. The third kappa shape index (κ3) is 7.91. The topological polar surface area (TPSA) is 66.4 Å². The zero-order valence-electron chi connectivity index (χ0n) is 18.5. The summed E-state index contributed by atoms with van der Waals surface area (Å²) in [6.07, 6.45) is 9.45. The molecule has 0 aliphatic heterocycles. The van der Waals surface area contributed by atoms with Crippen LogP contribution >= 0.6 is 34.8 Å². The van der Waals surface area contributed by atoms with Crippen molar-refractivity contribution in [2.75, 3.05) is 0 Å². The lowest BCUT2D eigenvalue weighted by Gasteiger charge is -2.33. The molecule has 2 unspecified atom stereocenters. The molecule has 32 heavy (non-hydrogen) atoms. The number of rotatable bonds is 13. The summed E-state index contributed by atoms with van der Waals surface area (Å²) < 4.78 is 0. The number of carbonyl (C=O) groups is 2. The van der Waals surface area contributed by atoms with E-state index in [1.807, 2.05) is 30.3 Å². The Labute approximate surface area is 206 Å². The van der Waals surface area contributed by atoms with Gasteiger partial charge in [0.1, 0.15) is 6.10 Å². The lowest BCUT2D eigenvalue weighted by molar-refractivity contribution is -0.129. The van der Waals surface area contributed by atoms with E-state index in [-0.39, 0.29) is 22.4 Å². The van der Waals surface area contributed by atoms with Gasteiger partial charge in [-0.15, -0.1) is 11.6 Å². The van der Waals surface area contributed by atoms with E-state index in [0.717, 1.165) is 24.8 Å². The minimum atomic E-state index is -1.80. The zero-order chi connectivity index (χ0) is 23.6. The number of allylic oxidation sites excluding steroid dienone is 2. The third-order valence-electron chi connectivity index (χ3n) is 5.62. The van der Waals surface area contributed by atoms with Gasteiger partial charge in [-0.2, -0.15) is 0 Å². The smallest absolute Gasteiger partial charge is 0.220 e. The Morgan fingerprint density at radius 1 is 1.03 bits per heavy atom. The van der Waals surface area contributed by atoms with Crippen molar-refractivity contribution < 1.29 is 14.7 Å². The highest BCUT2D eigenvalue weighted by atomic mass is 35.5. The maximum Gasteiger partial charge on any atom is 0.220 e. The van der Waals surface area contributed by atoms with E-state index in [4.69, 9.17) is 34.8 Å². The molecule has 2 N–H and O–H groups in total. The highest BCUT2D eigenvalue weighted by Gasteiger charge is 2.46. The monoisotopic (exact) mass is 499 g/mol. The van der Waals surface area contributed by atoms with Crippen LogP contribution in [-0.2, 0) is 16.0 Å². The lowest BCUT2D eigenvalue weighted by Crippen LogP contribution is -2.54. The van der Waals surface area contributed by atoms with Crippen molar-refractivity contribution in [3.8, 4) is 0 Å². The molecule has 1 aromatic carbocycles. The van der Waals surface area contributed by atoms with Crippen LogP contribution in [0.4, 0.5) is 0 Å². The van der Waals surface area contributed by atoms with Gasteiger partial charge in [-0.05, 0) is 30.6 Å². The Bertz CT molecular complexity index is 825. The molecule has 0 aromatic heterocycles. The van der Waals surface area contributed by atoms with Crippen molar-refractivity contribution in [3.05, 3.63) is 58.1 Å². The first kappa shape index (κ1) is 26.9. The van der Waals surface area contributed by atoms with Crippen molar-refractivity contribution >= 4 is 46.5 Å². The summed E-state index contributed by atoms with van der Waals surface area (Å²) in [5.74, 6) is -0.732. The van der Waals surface area contributed by atoms with Crippen LogP contribution in [0.3, 0.4) is 0 Å². The molecule has 0 bridgehead atoms. The summed E-state index contributed by atoms with van der Waals surface area (Å²) in [6, 6.07) is 8.45. The minimum absolute atomic E-state index is 0.0909. The number of aliphatic hydroxyl groups excluding tert-OH is 1. The fourth-order valence-corrected chi connectivity index (χ4v) is 4.50. The number of unbranched alkanes of at least 4 members (excludes halogenated alkanes) is 6. The molecule has 4 nitrogen and oxygen atoms in total. The van der Waals surface area contributed by atoms with Gasteiger partial charge in [-0.25, -0.2) is 0 Å². The maximum atomic E-state index is 13.4. The second-order valence-electron chi connectivity index (χ2n) is 8.27. The number of Topliss-reactive ketones (excluding diaryl/α,β-unsaturated/α-hetero) is 1. The molecule has 7 heteroatoms. The van der Waals surface area contributed by atoms with Crippen molar-refractivity contribution in [2.24, 2.45) is 0 Å².